The van der Waals surface area contributed by atoms with Gasteiger partial charge in [0.2, 0.25) is 0 Å². The third-order valence-corrected chi connectivity index (χ3v) is 3.73. The average molecular weight is 362 g/mol. The Hall–Kier alpha value is -3.03. The molecule has 2 rings (SSSR count). The summed E-state index contributed by atoms with van der Waals surface area (Å²) in [4.78, 5) is 35.8. The van der Waals surface area contributed by atoms with Crippen LogP contribution in [0.2, 0.25) is 0 Å². The van der Waals surface area contributed by atoms with E-state index in [-0.39, 0.29) is 30.9 Å². The minimum Gasteiger partial charge on any atom is -0.497 e. The number of carbonyl (C=O) groups is 3. The number of amides is 2. The van der Waals surface area contributed by atoms with Crippen molar-refractivity contribution in [1.82, 2.24) is 10.6 Å². The fraction of sp³-hybridized carbons (Fsp3) is 0.389. The van der Waals surface area contributed by atoms with Crippen molar-refractivity contribution in [1.29, 1.82) is 0 Å². The van der Waals surface area contributed by atoms with Gasteiger partial charge in [0.1, 0.15) is 12.4 Å². The summed E-state index contributed by atoms with van der Waals surface area (Å²) in [6, 6.07) is 6.05. The molecule has 2 amide bonds. The first kappa shape index (κ1) is 19.3. The van der Waals surface area contributed by atoms with Crippen LogP contribution in [0.1, 0.15) is 19.4 Å². The molecule has 1 aromatic carbocycles. The maximum absolute atomic E-state index is 12.1. The van der Waals surface area contributed by atoms with Gasteiger partial charge in [0.15, 0.2) is 0 Å². The largest absolute Gasteiger partial charge is 0.497 e. The highest BCUT2D eigenvalue weighted by molar-refractivity contribution is 5.94. The predicted molar refractivity (Wildman–Crippen MR) is 92.4 cm³/mol. The van der Waals surface area contributed by atoms with Crippen LogP contribution in [-0.4, -0.2) is 44.3 Å². The SMILES string of the molecule is CCOC(=O)C1=C(COC(=O)Cc2cccc(OC)c2)NC(=O)N[C@H]1C. The van der Waals surface area contributed by atoms with Gasteiger partial charge < -0.3 is 24.8 Å². The molecule has 2 N–H and O–H groups in total. The van der Waals surface area contributed by atoms with Crippen LogP contribution in [0, 0.1) is 0 Å². The maximum Gasteiger partial charge on any atom is 0.338 e. The highest BCUT2D eigenvalue weighted by Crippen LogP contribution is 2.16. The van der Waals surface area contributed by atoms with Crippen molar-refractivity contribution in [2.45, 2.75) is 26.3 Å². The molecule has 0 fully saturated rings. The summed E-state index contributed by atoms with van der Waals surface area (Å²) in [5.74, 6) is -0.414. The Kier molecular flexibility index (Phi) is 6.60. The zero-order valence-corrected chi connectivity index (χ0v) is 15.0. The molecule has 26 heavy (non-hydrogen) atoms. The molecular formula is C18H22N2O6. The van der Waals surface area contributed by atoms with Crippen molar-refractivity contribution < 1.29 is 28.6 Å². The Bertz CT molecular complexity index is 728. The highest BCUT2D eigenvalue weighted by atomic mass is 16.5. The highest BCUT2D eigenvalue weighted by Gasteiger charge is 2.30. The summed E-state index contributed by atoms with van der Waals surface area (Å²) in [6.45, 7) is 3.31. The van der Waals surface area contributed by atoms with Crippen molar-refractivity contribution >= 4 is 18.0 Å². The van der Waals surface area contributed by atoms with E-state index >= 15 is 0 Å². The van der Waals surface area contributed by atoms with E-state index < -0.39 is 24.0 Å². The maximum atomic E-state index is 12.1. The van der Waals surface area contributed by atoms with Gasteiger partial charge in [-0.25, -0.2) is 9.59 Å². The lowest BCUT2D eigenvalue weighted by atomic mass is 10.0. The first-order valence-corrected chi connectivity index (χ1v) is 8.20. The number of benzene rings is 1. The van der Waals surface area contributed by atoms with Crippen LogP contribution in [0.25, 0.3) is 0 Å². The molecule has 1 aromatic rings. The molecule has 0 saturated carbocycles. The first-order chi connectivity index (χ1) is 12.4. The Morgan fingerprint density at radius 3 is 2.69 bits per heavy atom. The van der Waals surface area contributed by atoms with Gasteiger partial charge in [-0.05, 0) is 31.5 Å². The van der Waals surface area contributed by atoms with Gasteiger partial charge >= 0.3 is 18.0 Å². The van der Waals surface area contributed by atoms with Gasteiger partial charge in [0, 0.05) is 0 Å². The zero-order valence-electron chi connectivity index (χ0n) is 15.0. The summed E-state index contributed by atoms with van der Waals surface area (Å²) in [7, 11) is 1.54. The van der Waals surface area contributed by atoms with Crippen molar-refractivity contribution in [2.24, 2.45) is 0 Å². The number of hydrogen-bond donors (Lipinski definition) is 2. The molecule has 1 heterocycles. The van der Waals surface area contributed by atoms with E-state index in [0.29, 0.717) is 5.75 Å². The third kappa shape index (κ3) is 4.98. The number of methoxy groups -OCH3 is 1. The lowest BCUT2D eigenvalue weighted by Gasteiger charge is -2.26. The predicted octanol–water partition coefficient (Wildman–Crippen LogP) is 1.30. The molecule has 0 spiro atoms. The van der Waals surface area contributed by atoms with Crippen LogP contribution < -0.4 is 15.4 Å². The van der Waals surface area contributed by atoms with E-state index in [4.69, 9.17) is 14.2 Å². The summed E-state index contributed by atoms with van der Waals surface area (Å²) < 4.78 is 15.3. The number of carbonyl (C=O) groups excluding carboxylic acids is 3. The van der Waals surface area contributed by atoms with E-state index in [2.05, 4.69) is 10.6 Å². The van der Waals surface area contributed by atoms with Crippen LogP contribution in [-0.2, 0) is 25.5 Å². The standard InChI is InChI=1S/C18H22N2O6/c1-4-25-17(22)16-11(2)19-18(23)20-14(16)10-26-15(21)9-12-6-5-7-13(8-12)24-3/h5-8,11H,4,9-10H2,1-3H3,(H2,19,20,23)/t11-/m0/s1. The second-order valence-electron chi connectivity index (χ2n) is 5.62. The molecule has 0 radical (unpaired) electrons. The van der Waals surface area contributed by atoms with Crippen molar-refractivity contribution in [3.8, 4) is 5.75 Å². The lowest BCUT2D eigenvalue weighted by molar-refractivity contribution is -0.143. The van der Waals surface area contributed by atoms with Crippen molar-refractivity contribution in [3.63, 3.8) is 0 Å². The molecule has 0 saturated heterocycles. The van der Waals surface area contributed by atoms with E-state index in [1.54, 1.807) is 45.2 Å². The number of hydrogen-bond acceptors (Lipinski definition) is 6. The summed E-state index contributed by atoms with van der Waals surface area (Å²) >= 11 is 0. The van der Waals surface area contributed by atoms with Gasteiger partial charge in [-0.1, -0.05) is 12.1 Å². The second kappa shape index (κ2) is 8.89. The second-order valence-corrected chi connectivity index (χ2v) is 5.62. The third-order valence-electron chi connectivity index (χ3n) is 3.73. The summed E-state index contributed by atoms with van der Waals surface area (Å²) in [5, 5.41) is 5.08. The van der Waals surface area contributed by atoms with Crippen molar-refractivity contribution in [2.75, 3.05) is 20.3 Å². The van der Waals surface area contributed by atoms with Crippen molar-refractivity contribution in [3.05, 3.63) is 41.1 Å². The van der Waals surface area contributed by atoms with E-state index in [9.17, 15) is 14.4 Å². The summed E-state index contributed by atoms with van der Waals surface area (Å²) in [6.07, 6.45) is 0.0426. The Morgan fingerprint density at radius 2 is 2.00 bits per heavy atom. The van der Waals surface area contributed by atoms with Crippen LogP contribution in [0.3, 0.4) is 0 Å². The molecule has 0 unspecified atom stereocenters. The molecule has 8 nitrogen and oxygen atoms in total. The molecular weight excluding hydrogens is 340 g/mol. The van der Waals surface area contributed by atoms with E-state index in [1.807, 2.05) is 0 Å². The smallest absolute Gasteiger partial charge is 0.338 e. The molecule has 0 bridgehead atoms. The molecule has 0 aromatic heterocycles. The Morgan fingerprint density at radius 1 is 1.23 bits per heavy atom. The lowest BCUT2D eigenvalue weighted by Crippen LogP contribution is -2.50. The van der Waals surface area contributed by atoms with Gasteiger partial charge in [0.25, 0.3) is 0 Å². The quantitative estimate of drug-likeness (QED) is 0.709. The Balaban J connectivity index is 2.06. The number of rotatable bonds is 7. The summed E-state index contributed by atoms with van der Waals surface area (Å²) in [5.41, 5.74) is 1.19. The minimum absolute atomic E-state index is 0.0426. The molecule has 0 aliphatic carbocycles. The number of nitrogens with one attached hydrogen (secondary N) is 2. The topological polar surface area (TPSA) is 103 Å². The normalized spacial score (nSPS) is 16.4. The molecule has 1 aliphatic rings. The number of esters is 2. The van der Waals surface area contributed by atoms with Crippen LogP contribution in [0.4, 0.5) is 4.79 Å². The van der Waals surface area contributed by atoms with Crippen LogP contribution in [0.15, 0.2) is 35.5 Å². The first-order valence-electron chi connectivity index (χ1n) is 8.20. The monoisotopic (exact) mass is 362 g/mol. The van der Waals surface area contributed by atoms with Crippen LogP contribution in [0.5, 0.6) is 5.75 Å². The zero-order chi connectivity index (χ0) is 19.1. The molecule has 140 valence electrons. The number of urea groups is 1. The van der Waals surface area contributed by atoms with E-state index in [0.717, 1.165) is 5.56 Å². The van der Waals surface area contributed by atoms with Gasteiger partial charge in [-0.3, -0.25) is 4.79 Å². The molecule has 1 atom stereocenters. The Labute approximate surface area is 151 Å². The molecule has 1 aliphatic heterocycles. The molecule has 8 heteroatoms. The van der Waals surface area contributed by atoms with Crippen LogP contribution >= 0.6 is 0 Å². The fourth-order valence-corrected chi connectivity index (χ4v) is 2.55. The van der Waals surface area contributed by atoms with E-state index in [1.165, 1.54) is 0 Å². The van der Waals surface area contributed by atoms with Gasteiger partial charge in [0.05, 0.1) is 37.4 Å². The number of ether oxygens (including phenoxy) is 3. The minimum atomic E-state index is -0.564. The fourth-order valence-electron chi connectivity index (χ4n) is 2.55. The van der Waals surface area contributed by atoms with Gasteiger partial charge in [-0.15, -0.1) is 0 Å². The van der Waals surface area contributed by atoms with Gasteiger partial charge in [-0.2, -0.15) is 0 Å². The average Bonchev–Trinajstić information content (AvgIpc) is 2.59.